The smallest absolute Gasteiger partial charge is 0.166 e. The molecular formula is C17H29NO3. The second-order valence-corrected chi connectivity index (χ2v) is 5.77. The van der Waals surface area contributed by atoms with Crippen molar-refractivity contribution in [3.8, 4) is 11.5 Å². The highest BCUT2D eigenvalue weighted by Gasteiger charge is 2.17. The monoisotopic (exact) mass is 295 g/mol. The zero-order valence-electron chi connectivity index (χ0n) is 13.8. The molecule has 2 unspecified atom stereocenters. The first kappa shape index (κ1) is 17.8. The largest absolute Gasteiger partial charge is 0.490 e. The quantitative estimate of drug-likeness (QED) is 0.735. The molecule has 4 heteroatoms. The Hall–Kier alpha value is -1.26. The van der Waals surface area contributed by atoms with Gasteiger partial charge >= 0.3 is 0 Å². The molecule has 2 N–H and O–H groups in total. The lowest BCUT2D eigenvalue weighted by Gasteiger charge is -2.22. The minimum absolute atomic E-state index is 0.282. The Morgan fingerprint density at radius 1 is 1.19 bits per heavy atom. The molecule has 0 bridgehead atoms. The summed E-state index contributed by atoms with van der Waals surface area (Å²) >= 11 is 0. The van der Waals surface area contributed by atoms with Crippen LogP contribution in [0.5, 0.6) is 11.5 Å². The number of ether oxygens (including phenoxy) is 2. The van der Waals surface area contributed by atoms with E-state index in [1.165, 1.54) is 0 Å². The molecule has 1 aromatic rings. The van der Waals surface area contributed by atoms with Gasteiger partial charge in [0.1, 0.15) is 6.10 Å². The van der Waals surface area contributed by atoms with Crippen LogP contribution >= 0.6 is 0 Å². The van der Waals surface area contributed by atoms with Crippen LogP contribution < -0.4 is 14.8 Å². The first-order valence-corrected chi connectivity index (χ1v) is 7.75. The van der Waals surface area contributed by atoms with Crippen LogP contribution in [0.15, 0.2) is 18.2 Å². The van der Waals surface area contributed by atoms with Crippen molar-refractivity contribution in [1.82, 2.24) is 5.32 Å². The summed E-state index contributed by atoms with van der Waals surface area (Å²) in [7, 11) is 0. The molecule has 0 amide bonds. The number of aliphatic hydroxyl groups excluding tert-OH is 1. The van der Waals surface area contributed by atoms with Gasteiger partial charge in [0.05, 0.1) is 12.7 Å². The lowest BCUT2D eigenvalue weighted by atomic mass is 10.1. The number of benzene rings is 1. The van der Waals surface area contributed by atoms with Gasteiger partial charge in [0.15, 0.2) is 11.5 Å². The zero-order chi connectivity index (χ0) is 15.8. The number of para-hydroxylation sites is 1. The lowest BCUT2D eigenvalue weighted by molar-refractivity contribution is 0.0575. The van der Waals surface area contributed by atoms with Crippen molar-refractivity contribution in [2.45, 2.75) is 53.4 Å². The van der Waals surface area contributed by atoms with Crippen molar-refractivity contribution in [3.05, 3.63) is 23.8 Å². The molecule has 4 nitrogen and oxygen atoms in total. The lowest BCUT2D eigenvalue weighted by Crippen LogP contribution is -2.27. The van der Waals surface area contributed by atoms with E-state index in [1.54, 1.807) is 6.92 Å². The summed E-state index contributed by atoms with van der Waals surface area (Å²) in [5.41, 5.74) is 1.05. The Morgan fingerprint density at radius 3 is 2.48 bits per heavy atom. The normalized spacial score (nSPS) is 14.0. The van der Waals surface area contributed by atoms with E-state index in [9.17, 15) is 5.11 Å². The van der Waals surface area contributed by atoms with Crippen molar-refractivity contribution >= 4 is 0 Å². The van der Waals surface area contributed by atoms with Crippen molar-refractivity contribution in [3.63, 3.8) is 0 Å². The number of hydrogen-bond acceptors (Lipinski definition) is 4. The van der Waals surface area contributed by atoms with Crippen LogP contribution in [0, 0.1) is 5.92 Å². The second kappa shape index (κ2) is 8.90. The molecular weight excluding hydrogens is 266 g/mol. The fourth-order valence-corrected chi connectivity index (χ4v) is 1.88. The van der Waals surface area contributed by atoms with Crippen molar-refractivity contribution in [1.29, 1.82) is 0 Å². The fraction of sp³-hybridized carbons (Fsp3) is 0.647. The predicted octanol–water partition coefficient (Wildman–Crippen LogP) is 2.98. The molecule has 0 saturated heterocycles. The van der Waals surface area contributed by atoms with Gasteiger partial charge in [-0.3, -0.25) is 0 Å². The highest BCUT2D eigenvalue weighted by atomic mass is 16.5. The number of hydrogen-bond donors (Lipinski definition) is 2. The topological polar surface area (TPSA) is 50.7 Å². The molecule has 0 spiro atoms. The molecule has 0 aliphatic carbocycles. The third-order valence-electron chi connectivity index (χ3n) is 3.21. The maximum atomic E-state index is 9.66. The van der Waals surface area contributed by atoms with Crippen molar-refractivity contribution < 1.29 is 14.6 Å². The Morgan fingerprint density at radius 2 is 1.90 bits per heavy atom. The summed E-state index contributed by atoms with van der Waals surface area (Å²) in [4.78, 5) is 0. The van der Waals surface area contributed by atoms with Crippen molar-refractivity contribution in [2.75, 3.05) is 13.2 Å². The minimum Gasteiger partial charge on any atom is -0.490 e. The molecule has 0 heterocycles. The number of nitrogens with one attached hydrogen (secondary N) is 1. The van der Waals surface area contributed by atoms with E-state index in [0.29, 0.717) is 12.5 Å². The molecule has 1 aromatic carbocycles. The van der Waals surface area contributed by atoms with E-state index in [1.807, 2.05) is 32.0 Å². The zero-order valence-corrected chi connectivity index (χ0v) is 13.8. The standard InChI is InChI=1S/C17H29NO3/c1-6-20-16-9-7-8-15(11-18-10-12(2)3)17(16)21-14(5)13(4)19/h7-9,12-14,18-19H,6,10-11H2,1-5H3. The van der Waals surface area contributed by atoms with Gasteiger partial charge in [-0.05, 0) is 39.3 Å². The third-order valence-corrected chi connectivity index (χ3v) is 3.21. The Balaban J connectivity index is 2.91. The molecule has 0 aliphatic rings. The van der Waals surface area contributed by atoms with Crippen molar-refractivity contribution in [2.24, 2.45) is 5.92 Å². The van der Waals surface area contributed by atoms with Gasteiger partial charge in [0, 0.05) is 12.1 Å². The van der Waals surface area contributed by atoms with E-state index < -0.39 is 6.10 Å². The third kappa shape index (κ3) is 5.94. The van der Waals surface area contributed by atoms with Crippen LogP contribution in [-0.4, -0.2) is 30.5 Å². The maximum Gasteiger partial charge on any atom is 0.166 e. The summed E-state index contributed by atoms with van der Waals surface area (Å²) in [6, 6.07) is 5.90. The molecule has 21 heavy (non-hydrogen) atoms. The molecule has 2 atom stereocenters. The predicted molar refractivity (Wildman–Crippen MR) is 85.9 cm³/mol. The van der Waals surface area contributed by atoms with Gasteiger partial charge < -0.3 is 19.9 Å². The maximum absolute atomic E-state index is 9.66. The van der Waals surface area contributed by atoms with Gasteiger partial charge in [-0.25, -0.2) is 0 Å². The highest BCUT2D eigenvalue weighted by Crippen LogP contribution is 2.32. The molecule has 0 aliphatic heterocycles. The fourth-order valence-electron chi connectivity index (χ4n) is 1.88. The minimum atomic E-state index is -0.531. The summed E-state index contributed by atoms with van der Waals surface area (Å²) in [5, 5.41) is 13.1. The Kier molecular flexibility index (Phi) is 7.54. The van der Waals surface area contributed by atoms with Crippen LogP contribution in [-0.2, 0) is 6.54 Å². The average Bonchev–Trinajstić information content (AvgIpc) is 2.41. The first-order valence-electron chi connectivity index (χ1n) is 7.75. The van der Waals surface area contributed by atoms with E-state index in [-0.39, 0.29) is 6.10 Å². The average molecular weight is 295 g/mol. The van der Waals surface area contributed by atoms with Gasteiger partial charge in [-0.15, -0.1) is 0 Å². The molecule has 120 valence electrons. The number of rotatable bonds is 9. The van der Waals surface area contributed by atoms with Crippen LogP contribution in [0.25, 0.3) is 0 Å². The van der Waals surface area contributed by atoms with E-state index in [0.717, 1.165) is 30.2 Å². The molecule has 0 aromatic heterocycles. The first-order chi connectivity index (χ1) is 9.95. The van der Waals surface area contributed by atoms with Gasteiger partial charge in [-0.2, -0.15) is 0 Å². The summed E-state index contributed by atoms with van der Waals surface area (Å²) in [5.74, 6) is 2.05. The number of aliphatic hydroxyl groups is 1. The SMILES string of the molecule is CCOc1cccc(CNCC(C)C)c1OC(C)C(C)O. The van der Waals surface area contributed by atoms with Gasteiger partial charge in [0.25, 0.3) is 0 Å². The van der Waals surface area contributed by atoms with E-state index >= 15 is 0 Å². The van der Waals surface area contributed by atoms with Crippen LogP contribution in [0.4, 0.5) is 0 Å². The van der Waals surface area contributed by atoms with Gasteiger partial charge in [-0.1, -0.05) is 26.0 Å². The second-order valence-electron chi connectivity index (χ2n) is 5.77. The van der Waals surface area contributed by atoms with Crippen LogP contribution in [0.1, 0.15) is 40.2 Å². The molecule has 0 fully saturated rings. The van der Waals surface area contributed by atoms with E-state index in [2.05, 4.69) is 19.2 Å². The summed E-state index contributed by atoms with van der Waals surface area (Å²) in [6.07, 6.45) is -0.813. The van der Waals surface area contributed by atoms with Gasteiger partial charge in [0.2, 0.25) is 0 Å². The Labute approximate surface area is 128 Å². The Bertz CT molecular complexity index is 418. The molecule has 0 radical (unpaired) electrons. The summed E-state index contributed by atoms with van der Waals surface area (Å²) < 4.78 is 11.6. The molecule has 0 saturated carbocycles. The van der Waals surface area contributed by atoms with Crippen LogP contribution in [0.3, 0.4) is 0 Å². The van der Waals surface area contributed by atoms with Crippen LogP contribution in [0.2, 0.25) is 0 Å². The van der Waals surface area contributed by atoms with E-state index in [4.69, 9.17) is 9.47 Å². The highest BCUT2D eigenvalue weighted by molar-refractivity contribution is 5.46. The summed E-state index contributed by atoms with van der Waals surface area (Å²) in [6.45, 7) is 12.1. The molecule has 1 rings (SSSR count).